The molecular weight excluding hydrogens is 376 g/mol. The van der Waals surface area contributed by atoms with Crippen LogP contribution in [0.5, 0.6) is 5.75 Å². The molecule has 0 atom stereocenters. The molecule has 0 saturated heterocycles. The second-order valence-electron chi connectivity index (χ2n) is 6.45. The summed E-state index contributed by atoms with van der Waals surface area (Å²) in [5.74, 6) is -0.407. The molecule has 2 aromatic carbocycles. The van der Waals surface area contributed by atoms with Gasteiger partial charge in [0.15, 0.2) is 13.2 Å². The average molecular weight is 396 g/mol. The molecule has 7 heteroatoms. The molecule has 0 aromatic heterocycles. The molecule has 1 aliphatic rings. The Bertz CT molecular complexity index is 936. The summed E-state index contributed by atoms with van der Waals surface area (Å²) >= 11 is 1.05. The third-order valence-corrected chi connectivity index (χ3v) is 5.01. The van der Waals surface area contributed by atoms with Crippen molar-refractivity contribution in [3.8, 4) is 11.2 Å². The molecule has 0 bridgehead atoms. The Kier molecular flexibility index (Phi) is 6.56. The van der Waals surface area contributed by atoms with Crippen molar-refractivity contribution in [3.63, 3.8) is 0 Å². The fraction of sp³-hybridized carbons (Fsp3) is 0.286. The van der Waals surface area contributed by atoms with Crippen LogP contribution in [-0.4, -0.2) is 25.1 Å². The van der Waals surface area contributed by atoms with Gasteiger partial charge in [0.1, 0.15) is 11.2 Å². The minimum atomic E-state index is -0.604. The number of carbonyl (C=O) groups is 2. The topological polar surface area (TPSA) is 88.4 Å². The van der Waals surface area contributed by atoms with E-state index in [-0.39, 0.29) is 13.2 Å². The molecule has 0 unspecified atom stereocenters. The van der Waals surface area contributed by atoms with E-state index in [1.54, 1.807) is 18.2 Å². The van der Waals surface area contributed by atoms with Crippen LogP contribution in [0.2, 0.25) is 0 Å². The zero-order valence-electron chi connectivity index (χ0n) is 15.5. The fourth-order valence-electron chi connectivity index (χ4n) is 3.05. The maximum atomic E-state index is 12.0. The van der Waals surface area contributed by atoms with E-state index in [2.05, 4.69) is 5.32 Å². The monoisotopic (exact) mass is 396 g/mol. The zero-order valence-corrected chi connectivity index (χ0v) is 16.3. The van der Waals surface area contributed by atoms with Gasteiger partial charge in [-0.3, -0.25) is 4.79 Å². The van der Waals surface area contributed by atoms with Crippen LogP contribution in [0.4, 0.5) is 5.69 Å². The Balaban J connectivity index is 1.43. The van der Waals surface area contributed by atoms with Crippen LogP contribution >= 0.6 is 11.8 Å². The van der Waals surface area contributed by atoms with E-state index < -0.39 is 11.9 Å². The van der Waals surface area contributed by atoms with Crippen molar-refractivity contribution >= 4 is 29.3 Å². The number of nitriles is 1. The van der Waals surface area contributed by atoms with Gasteiger partial charge in [-0.2, -0.15) is 5.26 Å². The molecule has 0 heterocycles. The number of carbonyl (C=O) groups excluding carboxylic acids is 2. The number of nitrogens with one attached hydrogen (secondary N) is 1. The summed E-state index contributed by atoms with van der Waals surface area (Å²) in [5, 5.41) is 13.4. The average Bonchev–Trinajstić information content (AvgIpc) is 3.15. The lowest BCUT2D eigenvalue weighted by Crippen LogP contribution is -2.24. The molecule has 0 aliphatic heterocycles. The molecule has 1 aliphatic carbocycles. The maximum absolute atomic E-state index is 12.0. The van der Waals surface area contributed by atoms with Gasteiger partial charge in [-0.25, -0.2) is 4.79 Å². The van der Waals surface area contributed by atoms with E-state index in [0.717, 1.165) is 41.5 Å². The smallest absolute Gasteiger partial charge is 0.344 e. The normalized spacial score (nSPS) is 12.0. The second-order valence-corrected chi connectivity index (χ2v) is 7.31. The van der Waals surface area contributed by atoms with E-state index in [0.29, 0.717) is 11.4 Å². The van der Waals surface area contributed by atoms with Gasteiger partial charge in [0, 0.05) is 10.6 Å². The van der Waals surface area contributed by atoms with Gasteiger partial charge in [0.25, 0.3) is 5.91 Å². The number of aryl methyl sites for hydroxylation is 3. The molecule has 28 heavy (non-hydrogen) atoms. The maximum Gasteiger partial charge on any atom is 0.344 e. The van der Waals surface area contributed by atoms with Crippen LogP contribution in [0, 0.1) is 17.6 Å². The lowest BCUT2D eigenvalue weighted by Gasteiger charge is -2.10. The van der Waals surface area contributed by atoms with Gasteiger partial charge in [-0.1, -0.05) is 6.07 Å². The Hall–Kier alpha value is -2.98. The van der Waals surface area contributed by atoms with Crippen molar-refractivity contribution in [1.29, 1.82) is 5.26 Å². The fourth-order valence-corrected chi connectivity index (χ4v) is 3.52. The zero-order chi connectivity index (χ0) is 19.9. The van der Waals surface area contributed by atoms with E-state index in [9.17, 15) is 9.59 Å². The number of thioether (sulfide) groups is 1. The summed E-state index contributed by atoms with van der Waals surface area (Å²) in [6.07, 6.45) is 3.27. The number of hydrogen-bond acceptors (Lipinski definition) is 6. The first-order valence-corrected chi connectivity index (χ1v) is 9.73. The van der Waals surface area contributed by atoms with Crippen molar-refractivity contribution < 1.29 is 19.1 Å². The van der Waals surface area contributed by atoms with E-state index in [4.69, 9.17) is 14.7 Å². The van der Waals surface area contributed by atoms with Crippen molar-refractivity contribution in [2.45, 2.75) is 31.1 Å². The molecule has 0 saturated carbocycles. The quantitative estimate of drug-likeness (QED) is 0.437. The summed E-state index contributed by atoms with van der Waals surface area (Å²) in [6, 6.07) is 11.1. The minimum Gasteiger partial charge on any atom is -0.482 e. The first kappa shape index (κ1) is 19.8. The molecule has 2 aromatic rings. The predicted molar refractivity (Wildman–Crippen MR) is 106 cm³/mol. The number of nitrogens with zero attached hydrogens (tertiary/aromatic N) is 1. The highest BCUT2D eigenvalue weighted by Gasteiger charge is 2.13. The highest BCUT2D eigenvalue weighted by molar-refractivity contribution is 8.03. The molecule has 3 rings (SSSR count). The highest BCUT2D eigenvalue weighted by atomic mass is 32.2. The molecule has 0 spiro atoms. The minimum absolute atomic E-state index is 0.245. The number of anilines is 1. The summed E-state index contributed by atoms with van der Waals surface area (Å²) in [4.78, 5) is 24.6. The number of ether oxygens (including phenoxy) is 2. The molecule has 1 amide bonds. The number of esters is 1. The standard InChI is InChI=1S/C21H20N2O4S/c1-14-9-18(28-13-22)7-8-19(14)23-20(24)11-27-21(25)12-26-17-6-5-15-3-2-4-16(15)10-17/h5-10H,2-4,11-12H2,1H3,(H,23,24). The Morgan fingerprint density at radius 1 is 1.14 bits per heavy atom. The summed E-state index contributed by atoms with van der Waals surface area (Å²) < 4.78 is 10.4. The molecule has 0 radical (unpaired) electrons. The van der Waals surface area contributed by atoms with Crippen molar-refractivity contribution in [3.05, 3.63) is 53.1 Å². The van der Waals surface area contributed by atoms with Crippen LogP contribution in [0.25, 0.3) is 0 Å². The molecule has 6 nitrogen and oxygen atoms in total. The molecular formula is C21H20N2O4S. The second kappa shape index (κ2) is 9.29. The molecule has 0 fully saturated rings. The Morgan fingerprint density at radius 3 is 2.75 bits per heavy atom. The summed E-state index contributed by atoms with van der Waals surface area (Å²) in [6.45, 7) is 1.19. The van der Waals surface area contributed by atoms with Crippen LogP contribution in [0.1, 0.15) is 23.1 Å². The van der Waals surface area contributed by atoms with E-state index >= 15 is 0 Å². The van der Waals surface area contributed by atoms with Gasteiger partial charge in [-0.15, -0.1) is 0 Å². The Morgan fingerprint density at radius 2 is 1.96 bits per heavy atom. The third kappa shape index (κ3) is 5.27. The highest BCUT2D eigenvalue weighted by Crippen LogP contribution is 2.26. The largest absolute Gasteiger partial charge is 0.482 e. The van der Waals surface area contributed by atoms with Gasteiger partial charge in [0.2, 0.25) is 0 Å². The number of fused-ring (bicyclic) bond motifs is 1. The van der Waals surface area contributed by atoms with Gasteiger partial charge in [0.05, 0.1) is 0 Å². The number of hydrogen-bond donors (Lipinski definition) is 1. The SMILES string of the molecule is Cc1cc(SC#N)ccc1NC(=O)COC(=O)COc1ccc2c(c1)CCC2. The van der Waals surface area contributed by atoms with Crippen molar-refractivity contribution in [2.75, 3.05) is 18.5 Å². The first-order chi connectivity index (χ1) is 13.5. The summed E-state index contributed by atoms with van der Waals surface area (Å²) in [5.41, 5.74) is 4.03. The van der Waals surface area contributed by atoms with Gasteiger partial charge >= 0.3 is 5.97 Å². The van der Waals surface area contributed by atoms with Crippen molar-refractivity contribution in [1.82, 2.24) is 0 Å². The number of rotatable bonds is 7. The van der Waals surface area contributed by atoms with Crippen LogP contribution < -0.4 is 10.1 Å². The predicted octanol–water partition coefficient (Wildman–Crippen LogP) is 3.62. The Labute approximate surface area is 167 Å². The number of thiocyanates is 1. The molecule has 1 N–H and O–H groups in total. The first-order valence-electron chi connectivity index (χ1n) is 8.92. The molecule has 144 valence electrons. The lowest BCUT2D eigenvalue weighted by molar-refractivity contribution is -0.149. The third-order valence-electron chi connectivity index (χ3n) is 4.43. The number of benzene rings is 2. The summed E-state index contributed by atoms with van der Waals surface area (Å²) in [7, 11) is 0. The lowest BCUT2D eigenvalue weighted by atomic mass is 10.1. The van der Waals surface area contributed by atoms with Crippen LogP contribution in [0.15, 0.2) is 41.3 Å². The number of amides is 1. The van der Waals surface area contributed by atoms with Crippen LogP contribution in [0.3, 0.4) is 0 Å². The van der Waals surface area contributed by atoms with Gasteiger partial charge < -0.3 is 14.8 Å². The van der Waals surface area contributed by atoms with Gasteiger partial charge in [-0.05, 0) is 85.0 Å². The van der Waals surface area contributed by atoms with Crippen LogP contribution in [-0.2, 0) is 27.2 Å². The van der Waals surface area contributed by atoms with E-state index in [1.807, 2.05) is 30.5 Å². The van der Waals surface area contributed by atoms with E-state index in [1.165, 1.54) is 11.1 Å². The van der Waals surface area contributed by atoms with Crippen molar-refractivity contribution in [2.24, 2.45) is 0 Å².